The van der Waals surface area contributed by atoms with Gasteiger partial charge in [0.25, 0.3) is 5.91 Å². The molecule has 2 aromatic carbocycles. The maximum absolute atomic E-state index is 12.9. The Bertz CT molecular complexity index is 1190. The average Bonchev–Trinajstić information content (AvgIpc) is 3.27. The number of pyridine rings is 1. The number of methoxy groups -OCH3 is 1. The number of amides is 1. The van der Waals surface area contributed by atoms with Crippen molar-refractivity contribution in [3.8, 4) is 5.75 Å². The number of fused-ring (bicyclic) bond motifs is 1. The Morgan fingerprint density at radius 2 is 1.94 bits per heavy atom. The highest BCUT2D eigenvalue weighted by Gasteiger charge is 2.20. The van der Waals surface area contributed by atoms with Crippen molar-refractivity contribution < 1.29 is 14.1 Å². The molecule has 6 heteroatoms. The highest BCUT2D eigenvalue weighted by Crippen LogP contribution is 2.27. The molecular weight excluding hydrogens is 390 g/mol. The van der Waals surface area contributed by atoms with Crippen molar-refractivity contribution in [2.45, 2.75) is 25.8 Å². The molecule has 0 saturated carbocycles. The zero-order valence-electron chi connectivity index (χ0n) is 17.9. The fraction of sp³-hybridized carbons (Fsp3) is 0.240. The van der Waals surface area contributed by atoms with E-state index >= 15 is 0 Å². The molecule has 4 rings (SSSR count). The van der Waals surface area contributed by atoms with Gasteiger partial charge < -0.3 is 14.2 Å². The zero-order valence-corrected chi connectivity index (χ0v) is 17.9. The number of hydrogen-bond donors (Lipinski definition) is 0. The molecule has 0 aliphatic carbocycles. The molecule has 1 atom stereocenters. The summed E-state index contributed by atoms with van der Waals surface area (Å²) in [5, 5.41) is 5.07. The van der Waals surface area contributed by atoms with E-state index in [0.29, 0.717) is 18.7 Å². The molecule has 2 aromatic heterocycles. The summed E-state index contributed by atoms with van der Waals surface area (Å²) in [6.45, 7) is 2.56. The molecular formula is C25H25N3O3. The van der Waals surface area contributed by atoms with Crippen molar-refractivity contribution in [1.82, 2.24) is 15.0 Å². The summed E-state index contributed by atoms with van der Waals surface area (Å²) < 4.78 is 10.8. The number of aromatic nitrogens is 2. The van der Waals surface area contributed by atoms with Gasteiger partial charge in [0.05, 0.1) is 12.8 Å². The third-order valence-electron chi connectivity index (χ3n) is 5.45. The Balaban J connectivity index is 1.48. The molecule has 6 nitrogen and oxygen atoms in total. The van der Waals surface area contributed by atoms with E-state index in [1.165, 1.54) is 5.56 Å². The van der Waals surface area contributed by atoms with E-state index < -0.39 is 0 Å². The maximum Gasteiger partial charge on any atom is 0.292 e. The topological polar surface area (TPSA) is 68.5 Å². The Morgan fingerprint density at radius 1 is 1.13 bits per heavy atom. The quantitative estimate of drug-likeness (QED) is 0.432. The maximum atomic E-state index is 12.9. The molecule has 0 N–H and O–H groups in total. The molecule has 0 fully saturated rings. The second-order valence-electron chi connectivity index (χ2n) is 7.69. The number of benzene rings is 2. The van der Waals surface area contributed by atoms with Gasteiger partial charge in [-0.05, 0) is 35.6 Å². The number of hydrogen-bond acceptors (Lipinski definition) is 5. The van der Waals surface area contributed by atoms with E-state index in [0.717, 1.165) is 22.2 Å². The summed E-state index contributed by atoms with van der Waals surface area (Å²) in [7, 11) is 3.38. The minimum Gasteiger partial charge on any atom is -0.494 e. The molecule has 0 unspecified atom stereocenters. The van der Waals surface area contributed by atoms with Gasteiger partial charge in [0.1, 0.15) is 11.3 Å². The summed E-state index contributed by atoms with van der Waals surface area (Å²) in [5.41, 5.74) is 3.76. The minimum atomic E-state index is -0.209. The van der Waals surface area contributed by atoms with Crippen LogP contribution in [0, 0.1) is 0 Å². The summed E-state index contributed by atoms with van der Waals surface area (Å²) in [6.07, 6.45) is 2.44. The molecule has 4 aromatic rings. The Hall–Kier alpha value is -3.67. The average molecular weight is 415 g/mol. The standard InChI is InChI=1S/C25H25N3O3/c1-17(18-8-5-4-6-9-18)14-20-15-23(31-27-20)25(29)28(2)16-19-11-12-22(30-3)24-21(19)10-7-13-26-24/h4-13,15,17H,14,16H2,1-3H3/t17-/m0/s1. The number of carbonyl (C=O) groups is 1. The van der Waals surface area contributed by atoms with Crippen molar-refractivity contribution in [3.63, 3.8) is 0 Å². The normalized spacial score (nSPS) is 12.0. The van der Waals surface area contributed by atoms with E-state index in [1.54, 1.807) is 31.3 Å². The first-order valence-electron chi connectivity index (χ1n) is 10.2. The molecule has 0 radical (unpaired) electrons. The third kappa shape index (κ3) is 4.43. The Kier molecular flexibility index (Phi) is 5.98. The first kappa shape index (κ1) is 20.6. The lowest BCUT2D eigenvalue weighted by molar-refractivity contribution is 0.0744. The predicted molar refractivity (Wildman–Crippen MR) is 119 cm³/mol. The third-order valence-corrected chi connectivity index (χ3v) is 5.45. The van der Waals surface area contributed by atoms with E-state index in [4.69, 9.17) is 9.26 Å². The SMILES string of the molecule is COc1ccc(CN(C)C(=O)c2cc(C[C@H](C)c3ccccc3)no2)c2cccnc12. The van der Waals surface area contributed by atoms with Gasteiger partial charge >= 0.3 is 0 Å². The number of nitrogens with zero attached hydrogens (tertiary/aromatic N) is 3. The van der Waals surface area contributed by atoms with Crippen LogP contribution >= 0.6 is 0 Å². The molecule has 1 amide bonds. The summed E-state index contributed by atoms with van der Waals surface area (Å²) in [6, 6.07) is 19.7. The van der Waals surface area contributed by atoms with Crippen LogP contribution in [0.4, 0.5) is 0 Å². The van der Waals surface area contributed by atoms with Gasteiger partial charge in [-0.2, -0.15) is 0 Å². The van der Waals surface area contributed by atoms with Crippen LogP contribution in [-0.2, 0) is 13.0 Å². The smallest absolute Gasteiger partial charge is 0.292 e. The van der Waals surface area contributed by atoms with E-state index in [1.807, 2.05) is 42.5 Å². The molecule has 0 spiro atoms. The molecule has 0 bridgehead atoms. The van der Waals surface area contributed by atoms with Gasteiger partial charge in [-0.15, -0.1) is 0 Å². The van der Waals surface area contributed by atoms with Crippen LogP contribution in [0.2, 0.25) is 0 Å². The second kappa shape index (κ2) is 9.00. The molecule has 2 heterocycles. The minimum absolute atomic E-state index is 0.209. The number of carbonyl (C=O) groups excluding carboxylic acids is 1. The lowest BCUT2D eigenvalue weighted by Crippen LogP contribution is -2.26. The van der Waals surface area contributed by atoms with Crippen molar-refractivity contribution in [3.05, 3.63) is 89.4 Å². The fourth-order valence-corrected chi connectivity index (χ4v) is 3.75. The van der Waals surface area contributed by atoms with Crippen LogP contribution in [0.3, 0.4) is 0 Å². The zero-order chi connectivity index (χ0) is 21.8. The Morgan fingerprint density at radius 3 is 2.71 bits per heavy atom. The van der Waals surface area contributed by atoms with Crippen LogP contribution in [-0.4, -0.2) is 35.1 Å². The summed E-state index contributed by atoms with van der Waals surface area (Å²) >= 11 is 0. The molecule has 0 aliphatic rings. The van der Waals surface area contributed by atoms with Crippen LogP contribution in [0.15, 0.2) is 71.4 Å². The van der Waals surface area contributed by atoms with Crippen LogP contribution in [0.25, 0.3) is 10.9 Å². The lowest BCUT2D eigenvalue weighted by atomic mass is 9.96. The summed E-state index contributed by atoms with van der Waals surface area (Å²) in [5.74, 6) is 1.03. The van der Waals surface area contributed by atoms with Gasteiger partial charge in [0.15, 0.2) is 0 Å². The lowest BCUT2D eigenvalue weighted by Gasteiger charge is -2.17. The largest absolute Gasteiger partial charge is 0.494 e. The number of rotatable bonds is 7. The van der Waals surface area contributed by atoms with Crippen LogP contribution in [0.5, 0.6) is 5.75 Å². The summed E-state index contributed by atoms with van der Waals surface area (Å²) in [4.78, 5) is 19.0. The predicted octanol–water partition coefficient (Wildman–Crippen LogP) is 4.85. The van der Waals surface area contributed by atoms with Crippen LogP contribution in [0.1, 0.15) is 40.2 Å². The van der Waals surface area contributed by atoms with Gasteiger partial charge in [0, 0.05) is 31.2 Å². The van der Waals surface area contributed by atoms with Crippen molar-refractivity contribution >= 4 is 16.8 Å². The molecule has 31 heavy (non-hydrogen) atoms. The van der Waals surface area contributed by atoms with Gasteiger partial charge in [-0.1, -0.05) is 54.5 Å². The van der Waals surface area contributed by atoms with Crippen molar-refractivity contribution in [1.29, 1.82) is 0 Å². The van der Waals surface area contributed by atoms with Gasteiger partial charge in [-0.3, -0.25) is 9.78 Å². The van der Waals surface area contributed by atoms with Crippen molar-refractivity contribution in [2.24, 2.45) is 0 Å². The second-order valence-corrected chi connectivity index (χ2v) is 7.69. The van der Waals surface area contributed by atoms with E-state index in [2.05, 4.69) is 29.2 Å². The van der Waals surface area contributed by atoms with Gasteiger partial charge in [0.2, 0.25) is 5.76 Å². The Labute approximate surface area is 181 Å². The fourth-order valence-electron chi connectivity index (χ4n) is 3.75. The molecule has 0 saturated heterocycles. The van der Waals surface area contributed by atoms with Crippen LogP contribution < -0.4 is 4.74 Å². The molecule has 0 aliphatic heterocycles. The van der Waals surface area contributed by atoms with Gasteiger partial charge in [-0.25, -0.2) is 0 Å². The number of ether oxygens (including phenoxy) is 1. The van der Waals surface area contributed by atoms with Crippen molar-refractivity contribution in [2.75, 3.05) is 14.2 Å². The highest BCUT2D eigenvalue weighted by molar-refractivity contribution is 5.92. The molecule has 158 valence electrons. The first-order valence-corrected chi connectivity index (χ1v) is 10.2. The first-order chi connectivity index (χ1) is 15.1. The van der Waals surface area contributed by atoms with E-state index in [-0.39, 0.29) is 17.6 Å². The highest BCUT2D eigenvalue weighted by atomic mass is 16.5. The van der Waals surface area contributed by atoms with E-state index in [9.17, 15) is 4.79 Å². The monoisotopic (exact) mass is 415 g/mol.